The average molecular weight is 317 g/mol. The van der Waals surface area contributed by atoms with Crippen molar-refractivity contribution in [3.63, 3.8) is 0 Å². The molecule has 4 nitrogen and oxygen atoms in total. The number of rotatable bonds is 4. The first-order chi connectivity index (χ1) is 9.58. The molecule has 1 aliphatic rings. The highest BCUT2D eigenvalue weighted by Crippen LogP contribution is 2.32. The molecule has 0 bridgehead atoms. The molecule has 6 heteroatoms. The molecule has 1 N–H and O–H groups in total. The zero-order chi connectivity index (χ0) is 14.7. The summed E-state index contributed by atoms with van der Waals surface area (Å²) in [7, 11) is 0. The van der Waals surface area contributed by atoms with E-state index < -0.39 is 0 Å². The Morgan fingerprint density at radius 1 is 1.30 bits per heavy atom. The smallest absolute Gasteiger partial charge is 0.297 e. The van der Waals surface area contributed by atoms with E-state index in [1.54, 1.807) is 0 Å². The molecule has 0 spiro atoms. The van der Waals surface area contributed by atoms with Crippen molar-refractivity contribution < 1.29 is 0 Å². The van der Waals surface area contributed by atoms with E-state index in [9.17, 15) is 9.59 Å². The lowest BCUT2D eigenvalue weighted by molar-refractivity contribution is 0.341. The first-order valence-electron chi connectivity index (χ1n) is 7.14. The molecular formula is C14H21ClN2O2S. The first kappa shape index (κ1) is 15.7. The van der Waals surface area contributed by atoms with Gasteiger partial charge in [-0.3, -0.25) is 14.3 Å². The Balaban J connectivity index is 2.35. The van der Waals surface area contributed by atoms with Gasteiger partial charge in [0.15, 0.2) is 0 Å². The van der Waals surface area contributed by atoms with Crippen molar-refractivity contribution >= 4 is 23.4 Å². The molecule has 1 fully saturated rings. The van der Waals surface area contributed by atoms with E-state index in [4.69, 9.17) is 11.6 Å². The summed E-state index contributed by atoms with van der Waals surface area (Å²) in [6.07, 6.45) is 7.46. The van der Waals surface area contributed by atoms with Gasteiger partial charge < -0.3 is 0 Å². The van der Waals surface area contributed by atoms with Crippen LogP contribution < -0.4 is 11.2 Å². The fraction of sp³-hybridized carbons (Fsp3) is 0.714. The van der Waals surface area contributed by atoms with Gasteiger partial charge in [0, 0.05) is 11.3 Å². The van der Waals surface area contributed by atoms with E-state index in [2.05, 4.69) is 11.2 Å². The van der Waals surface area contributed by atoms with Gasteiger partial charge in [0.2, 0.25) is 0 Å². The average Bonchev–Trinajstić information content (AvgIpc) is 2.44. The van der Waals surface area contributed by atoms with E-state index in [1.807, 2.05) is 18.7 Å². The number of halogens is 1. The topological polar surface area (TPSA) is 54.9 Å². The number of hydrogen-bond donors (Lipinski definition) is 1. The molecule has 1 aromatic rings. The summed E-state index contributed by atoms with van der Waals surface area (Å²) in [4.78, 5) is 27.2. The van der Waals surface area contributed by atoms with Gasteiger partial charge in [0.25, 0.3) is 5.56 Å². The molecule has 20 heavy (non-hydrogen) atoms. The minimum atomic E-state index is -0.368. The van der Waals surface area contributed by atoms with Crippen LogP contribution in [0.3, 0.4) is 0 Å². The summed E-state index contributed by atoms with van der Waals surface area (Å²) in [5, 5.41) is 0.861. The monoisotopic (exact) mass is 316 g/mol. The number of nitrogens with zero attached hydrogens (tertiary/aromatic N) is 1. The second kappa shape index (κ2) is 6.85. The molecule has 1 saturated carbocycles. The van der Waals surface area contributed by atoms with Crippen molar-refractivity contribution in [1.82, 2.24) is 9.55 Å². The SMILES string of the molecule is CCCc1c(Cl)[nH]c(=O)n(C2CCC(SC)CC2)c1=O. The van der Waals surface area contributed by atoms with E-state index in [1.165, 1.54) is 4.57 Å². The maximum Gasteiger partial charge on any atom is 0.329 e. The summed E-state index contributed by atoms with van der Waals surface area (Å²) in [5.41, 5.74) is -0.0265. The van der Waals surface area contributed by atoms with Crippen LogP contribution in [0.5, 0.6) is 0 Å². The lowest BCUT2D eigenvalue weighted by atomic mass is 9.94. The highest BCUT2D eigenvalue weighted by molar-refractivity contribution is 7.99. The van der Waals surface area contributed by atoms with Crippen molar-refractivity contribution in [2.24, 2.45) is 0 Å². The molecule has 112 valence electrons. The van der Waals surface area contributed by atoms with Gasteiger partial charge >= 0.3 is 5.69 Å². The van der Waals surface area contributed by atoms with Gasteiger partial charge in [-0.1, -0.05) is 24.9 Å². The fourth-order valence-corrected chi connectivity index (χ4v) is 3.90. The lowest BCUT2D eigenvalue weighted by Gasteiger charge is -2.28. The van der Waals surface area contributed by atoms with Crippen molar-refractivity contribution in [2.75, 3.05) is 6.26 Å². The molecule has 1 aromatic heterocycles. The largest absolute Gasteiger partial charge is 0.329 e. The number of aromatic amines is 1. The third kappa shape index (κ3) is 3.14. The molecule has 0 aliphatic heterocycles. The highest BCUT2D eigenvalue weighted by atomic mass is 35.5. The minimum absolute atomic E-state index is 0.0162. The quantitative estimate of drug-likeness (QED) is 0.869. The summed E-state index contributed by atoms with van der Waals surface area (Å²) < 4.78 is 1.40. The van der Waals surface area contributed by atoms with Gasteiger partial charge in [-0.2, -0.15) is 11.8 Å². The van der Waals surface area contributed by atoms with Crippen LogP contribution in [0.4, 0.5) is 0 Å². The van der Waals surface area contributed by atoms with Gasteiger partial charge in [-0.15, -0.1) is 0 Å². The van der Waals surface area contributed by atoms with Crippen LogP contribution in [0.25, 0.3) is 0 Å². The Kier molecular flexibility index (Phi) is 5.38. The highest BCUT2D eigenvalue weighted by Gasteiger charge is 2.25. The molecule has 0 amide bonds. The summed E-state index contributed by atoms with van der Waals surface area (Å²) in [6.45, 7) is 1.99. The molecule has 1 heterocycles. The van der Waals surface area contributed by atoms with Crippen LogP contribution >= 0.6 is 23.4 Å². The molecule has 0 radical (unpaired) electrons. The second-order valence-corrected chi connectivity index (χ2v) is 6.83. The van der Waals surface area contributed by atoms with Gasteiger partial charge in [0.05, 0.1) is 5.56 Å². The number of nitrogens with one attached hydrogen (secondary N) is 1. The predicted octanol–water partition coefficient (Wildman–Crippen LogP) is 2.99. The Labute approximate surface area is 127 Å². The Morgan fingerprint density at radius 2 is 1.95 bits per heavy atom. The fourth-order valence-electron chi connectivity index (χ4n) is 2.90. The van der Waals surface area contributed by atoms with Crippen LogP contribution in [-0.2, 0) is 6.42 Å². The van der Waals surface area contributed by atoms with Crippen LogP contribution in [-0.4, -0.2) is 21.1 Å². The normalized spacial score (nSPS) is 22.9. The summed E-state index contributed by atoms with van der Waals surface area (Å²) in [6, 6.07) is 0.0162. The van der Waals surface area contributed by atoms with E-state index >= 15 is 0 Å². The van der Waals surface area contributed by atoms with Crippen molar-refractivity contribution in [3.05, 3.63) is 31.6 Å². The van der Waals surface area contributed by atoms with Crippen molar-refractivity contribution in [1.29, 1.82) is 0 Å². The van der Waals surface area contributed by atoms with Crippen LogP contribution in [0.15, 0.2) is 9.59 Å². The zero-order valence-corrected chi connectivity index (χ0v) is 13.5. The van der Waals surface area contributed by atoms with Gasteiger partial charge in [-0.25, -0.2) is 4.79 Å². The third-order valence-electron chi connectivity index (χ3n) is 4.02. The van der Waals surface area contributed by atoms with E-state index in [0.717, 1.165) is 32.1 Å². The van der Waals surface area contributed by atoms with Crippen molar-refractivity contribution in [3.8, 4) is 0 Å². The molecule has 2 rings (SSSR count). The molecular weight excluding hydrogens is 296 g/mol. The van der Waals surface area contributed by atoms with E-state index in [-0.39, 0.29) is 22.4 Å². The molecule has 0 aromatic carbocycles. The second-order valence-electron chi connectivity index (χ2n) is 5.31. The van der Waals surface area contributed by atoms with Crippen LogP contribution in [0.1, 0.15) is 50.6 Å². The third-order valence-corrected chi connectivity index (χ3v) is 5.48. The Bertz CT molecular complexity index is 574. The van der Waals surface area contributed by atoms with E-state index in [0.29, 0.717) is 17.2 Å². The van der Waals surface area contributed by atoms with Crippen LogP contribution in [0, 0.1) is 0 Å². The molecule has 1 aliphatic carbocycles. The maximum atomic E-state index is 12.5. The maximum absolute atomic E-state index is 12.5. The van der Waals surface area contributed by atoms with Gasteiger partial charge in [-0.05, 0) is 38.4 Å². The van der Waals surface area contributed by atoms with Gasteiger partial charge in [0.1, 0.15) is 5.15 Å². The number of aromatic nitrogens is 2. The Morgan fingerprint density at radius 3 is 2.50 bits per heavy atom. The molecule has 0 unspecified atom stereocenters. The first-order valence-corrected chi connectivity index (χ1v) is 8.81. The minimum Gasteiger partial charge on any atom is -0.297 e. The van der Waals surface area contributed by atoms with Crippen LogP contribution in [0.2, 0.25) is 5.15 Å². The molecule has 0 atom stereocenters. The summed E-state index contributed by atoms with van der Waals surface area (Å²) >= 11 is 7.87. The number of thioether (sulfide) groups is 1. The molecule has 0 saturated heterocycles. The summed E-state index contributed by atoms with van der Waals surface area (Å²) in [5.74, 6) is 0. The lowest BCUT2D eigenvalue weighted by Crippen LogP contribution is -2.41. The number of H-pyrrole nitrogens is 1. The standard InChI is InChI=1S/C14H21ClN2O2S/c1-3-4-11-12(15)16-14(19)17(13(11)18)9-5-7-10(20-2)8-6-9/h9-10H,3-8H2,1-2H3,(H,16,19). The predicted molar refractivity (Wildman–Crippen MR) is 85.1 cm³/mol. The zero-order valence-electron chi connectivity index (χ0n) is 11.9. The van der Waals surface area contributed by atoms with Crippen molar-refractivity contribution in [2.45, 2.75) is 56.7 Å². The Hall–Kier alpha value is -0.680. The number of hydrogen-bond acceptors (Lipinski definition) is 3.